The molecular formula is C28H27N9O10S4. The molecule has 0 spiro atoms. The topological polar surface area (TPSA) is 265 Å². The first kappa shape index (κ1) is 37.0. The third-order valence-corrected chi connectivity index (χ3v) is 10.8. The fraction of sp³-hybridized carbons (Fsp3) is 0.286. The Bertz CT molecular complexity index is 1960. The quantitative estimate of drug-likeness (QED) is 0.0600. The van der Waals surface area contributed by atoms with Crippen molar-refractivity contribution >= 4 is 98.8 Å². The molecule has 2 aliphatic heterocycles. The molecule has 4 heterocycles. The van der Waals surface area contributed by atoms with E-state index in [1.807, 2.05) is 0 Å². The van der Waals surface area contributed by atoms with Gasteiger partial charge < -0.3 is 25.6 Å². The van der Waals surface area contributed by atoms with E-state index in [1.54, 1.807) is 6.92 Å². The molecule has 51 heavy (non-hydrogen) atoms. The fourth-order valence-electron chi connectivity index (χ4n) is 4.68. The van der Waals surface area contributed by atoms with Crippen LogP contribution < -0.4 is 36.3 Å². The lowest BCUT2D eigenvalue weighted by atomic mass is 10.0. The summed E-state index contributed by atoms with van der Waals surface area (Å²) < 4.78 is 10.7. The molecule has 0 radical (unpaired) electrons. The Morgan fingerprint density at radius 2 is 1.82 bits per heavy atom. The summed E-state index contributed by atoms with van der Waals surface area (Å²) in [5.41, 5.74) is 10.3. The SMILES string of the molecule is CC(=O)Oc1ccc(C(=O)NNC(=O)N(CC(=O)NC2C(=O)N3C(C(=O)O)=C(CSc4nnc(C)s4)CSC23)c2csc(N)n2)cc1OC(C)=O. The number of esters is 2. The number of aromatic nitrogens is 3. The number of nitrogen functional groups attached to an aromatic ring is 1. The van der Waals surface area contributed by atoms with Crippen molar-refractivity contribution in [3.63, 3.8) is 0 Å². The summed E-state index contributed by atoms with van der Waals surface area (Å²) in [6.45, 7) is 3.37. The van der Waals surface area contributed by atoms with Gasteiger partial charge in [-0.25, -0.2) is 20.0 Å². The number of hydrogen-bond acceptors (Lipinski definition) is 17. The van der Waals surface area contributed by atoms with E-state index in [4.69, 9.17) is 15.2 Å². The summed E-state index contributed by atoms with van der Waals surface area (Å²) in [6, 6.07) is 1.48. The van der Waals surface area contributed by atoms with Crippen molar-refractivity contribution in [1.29, 1.82) is 0 Å². The Balaban J connectivity index is 1.23. The summed E-state index contributed by atoms with van der Waals surface area (Å²) in [5.74, 6) is -4.85. The number of anilines is 2. The normalized spacial score (nSPS) is 16.4. The molecule has 5 amide bonds. The number of benzene rings is 1. The summed E-state index contributed by atoms with van der Waals surface area (Å²) in [4.78, 5) is 93.7. The molecule has 0 saturated carbocycles. The number of carboxylic acids is 1. The number of nitrogens with zero attached hydrogens (tertiary/aromatic N) is 5. The van der Waals surface area contributed by atoms with Crippen molar-refractivity contribution in [3.05, 3.63) is 45.4 Å². The van der Waals surface area contributed by atoms with Gasteiger partial charge in [0.1, 0.15) is 28.7 Å². The van der Waals surface area contributed by atoms with E-state index in [9.17, 15) is 38.7 Å². The average Bonchev–Trinajstić information content (AvgIpc) is 3.70. The van der Waals surface area contributed by atoms with Crippen molar-refractivity contribution in [2.45, 2.75) is 36.5 Å². The minimum Gasteiger partial charge on any atom is -0.477 e. The number of rotatable bonds is 11. The maximum atomic E-state index is 13.2. The van der Waals surface area contributed by atoms with Crippen LogP contribution in [0.2, 0.25) is 0 Å². The van der Waals surface area contributed by atoms with E-state index in [-0.39, 0.29) is 45.2 Å². The van der Waals surface area contributed by atoms with Crippen LogP contribution in [0, 0.1) is 6.92 Å². The number of hydrazine groups is 1. The molecule has 2 aliphatic rings. The predicted octanol–water partition coefficient (Wildman–Crippen LogP) is 1.13. The first-order chi connectivity index (χ1) is 24.2. The lowest BCUT2D eigenvalue weighted by molar-refractivity contribution is -0.150. The average molecular weight is 778 g/mol. The lowest BCUT2D eigenvalue weighted by Gasteiger charge is -2.49. The van der Waals surface area contributed by atoms with Gasteiger partial charge in [-0.3, -0.25) is 39.2 Å². The van der Waals surface area contributed by atoms with Gasteiger partial charge in [0, 0.05) is 36.3 Å². The van der Waals surface area contributed by atoms with Crippen molar-refractivity contribution in [2.24, 2.45) is 0 Å². The smallest absolute Gasteiger partial charge is 0.352 e. The molecule has 5 rings (SSSR count). The number of fused-ring (bicyclic) bond motifs is 1. The molecule has 2 unspecified atom stereocenters. The van der Waals surface area contributed by atoms with Gasteiger partial charge in [0.2, 0.25) is 5.91 Å². The van der Waals surface area contributed by atoms with Gasteiger partial charge >= 0.3 is 23.9 Å². The second kappa shape index (κ2) is 15.7. The van der Waals surface area contributed by atoms with Gasteiger partial charge in [0.05, 0.1) is 0 Å². The highest BCUT2D eigenvalue weighted by atomic mass is 32.2. The fourth-order valence-corrected chi connectivity index (χ4v) is 8.53. The number of aliphatic carboxylic acids is 1. The van der Waals surface area contributed by atoms with E-state index in [0.29, 0.717) is 9.91 Å². The van der Waals surface area contributed by atoms with Crippen LogP contribution in [0.25, 0.3) is 0 Å². The van der Waals surface area contributed by atoms with Crippen molar-refractivity contribution in [3.8, 4) is 11.5 Å². The number of β-lactam (4-membered cyclic amide) rings is 1. The third kappa shape index (κ3) is 8.73. The molecule has 2 aromatic heterocycles. The second-order valence-corrected chi connectivity index (χ2v) is 14.8. The zero-order chi connectivity index (χ0) is 37.0. The molecule has 1 saturated heterocycles. The minimum atomic E-state index is -1.28. The highest BCUT2D eigenvalue weighted by molar-refractivity contribution is 8.01. The molecule has 6 N–H and O–H groups in total. The number of ether oxygens (including phenoxy) is 2. The van der Waals surface area contributed by atoms with E-state index < -0.39 is 59.6 Å². The molecule has 1 aromatic carbocycles. The van der Waals surface area contributed by atoms with Crippen LogP contribution in [-0.2, 0) is 24.0 Å². The second-order valence-electron chi connectivity index (χ2n) is 10.5. The first-order valence-electron chi connectivity index (χ1n) is 14.4. The molecule has 0 bridgehead atoms. The molecule has 19 nitrogen and oxygen atoms in total. The van der Waals surface area contributed by atoms with Crippen LogP contribution in [-0.4, -0.2) is 96.3 Å². The van der Waals surface area contributed by atoms with Gasteiger partial charge in [0.25, 0.3) is 11.8 Å². The van der Waals surface area contributed by atoms with Gasteiger partial charge in [-0.15, -0.1) is 33.3 Å². The Labute approximate surface area is 304 Å². The Morgan fingerprint density at radius 3 is 2.45 bits per heavy atom. The third-order valence-electron chi connectivity index (χ3n) is 6.77. The van der Waals surface area contributed by atoms with Crippen molar-refractivity contribution in [1.82, 2.24) is 36.2 Å². The number of nitrogens with one attached hydrogen (secondary N) is 3. The van der Waals surface area contributed by atoms with Gasteiger partial charge in [0.15, 0.2) is 26.8 Å². The van der Waals surface area contributed by atoms with Crippen LogP contribution in [0.3, 0.4) is 0 Å². The number of carbonyl (C=O) groups excluding carboxylic acids is 6. The Hall–Kier alpha value is -5.26. The monoisotopic (exact) mass is 777 g/mol. The molecule has 23 heteroatoms. The zero-order valence-electron chi connectivity index (χ0n) is 26.7. The summed E-state index contributed by atoms with van der Waals surface area (Å²) in [6.07, 6.45) is 0. The Kier molecular flexibility index (Phi) is 11.4. The number of carbonyl (C=O) groups is 7. The number of thiazole rings is 1. The molecule has 268 valence electrons. The number of carboxylic acid groups (broad SMARTS) is 1. The van der Waals surface area contributed by atoms with E-state index in [0.717, 1.165) is 46.1 Å². The van der Waals surface area contributed by atoms with Crippen LogP contribution in [0.5, 0.6) is 11.5 Å². The summed E-state index contributed by atoms with van der Waals surface area (Å²) >= 11 is 4.94. The molecule has 0 aliphatic carbocycles. The van der Waals surface area contributed by atoms with Crippen LogP contribution in [0.1, 0.15) is 29.2 Å². The van der Waals surface area contributed by atoms with E-state index >= 15 is 0 Å². The van der Waals surface area contributed by atoms with Crippen LogP contribution >= 0.6 is 46.2 Å². The number of aryl methyl sites for hydroxylation is 1. The number of hydrogen-bond donors (Lipinski definition) is 5. The van der Waals surface area contributed by atoms with Gasteiger partial charge in [-0.2, -0.15) is 0 Å². The van der Waals surface area contributed by atoms with Crippen molar-refractivity contribution in [2.75, 3.05) is 28.7 Å². The zero-order valence-corrected chi connectivity index (χ0v) is 29.9. The summed E-state index contributed by atoms with van der Waals surface area (Å²) in [5, 5.41) is 22.0. The van der Waals surface area contributed by atoms with Crippen LogP contribution in [0.15, 0.2) is 39.2 Å². The standard InChI is InChI=1S/C28H27N9O10S4/c1-11-32-35-28(51-11)50-9-15-8-48-24-20(23(42)37(24)21(15)25(43)44)31-19(40)7-36(18-10-49-26(29)30-18)27(45)34-33-22(41)14-4-5-16(46-12(2)38)17(6-14)47-13(3)39/h4-6,10,20,24H,7-9H2,1-3H3,(H2,29,30)(H,31,40)(H,33,41)(H,34,45)(H,43,44). The number of thioether (sulfide) groups is 2. The number of amides is 5. The minimum absolute atomic E-state index is 0.0419. The highest BCUT2D eigenvalue weighted by Gasteiger charge is 2.54. The first-order valence-corrected chi connectivity index (χ1v) is 18.2. The number of nitrogens with two attached hydrogens (primary N) is 1. The maximum Gasteiger partial charge on any atom is 0.352 e. The molecule has 1 fully saturated rings. The lowest BCUT2D eigenvalue weighted by Crippen LogP contribution is -2.71. The molecule has 2 atom stereocenters. The van der Waals surface area contributed by atoms with Gasteiger partial charge in [-0.1, -0.05) is 23.1 Å². The highest BCUT2D eigenvalue weighted by Crippen LogP contribution is 2.42. The van der Waals surface area contributed by atoms with Crippen molar-refractivity contribution < 1.29 is 48.1 Å². The van der Waals surface area contributed by atoms with E-state index in [1.165, 1.54) is 52.4 Å². The molecular weight excluding hydrogens is 751 g/mol. The van der Waals surface area contributed by atoms with Gasteiger partial charge in [-0.05, 0) is 30.7 Å². The van der Waals surface area contributed by atoms with Crippen LogP contribution in [0.4, 0.5) is 15.7 Å². The molecule has 3 aromatic rings. The number of urea groups is 1. The summed E-state index contributed by atoms with van der Waals surface area (Å²) in [7, 11) is 0. The predicted molar refractivity (Wildman–Crippen MR) is 184 cm³/mol. The van der Waals surface area contributed by atoms with E-state index in [2.05, 4.69) is 31.3 Å². The Morgan fingerprint density at radius 1 is 1.10 bits per heavy atom. The maximum absolute atomic E-state index is 13.2. The largest absolute Gasteiger partial charge is 0.477 e.